The summed E-state index contributed by atoms with van der Waals surface area (Å²) in [5.74, 6) is 0. The summed E-state index contributed by atoms with van der Waals surface area (Å²) >= 11 is 9.61. The lowest BCUT2D eigenvalue weighted by Crippen LogP contribution is -2.37. The number of halogens is 2. The molecule has 0 radical (unpaired) electrons. The summed E-state index contributed by atoms with van der Waals surface area (Å²) in [7, 11) is 0. The Hall–Kier alpha value is -0.0900. The molecule has 3 atom stereocenters. The first-order valence-electron chi connectivity index (χ1n) is 6.05. The molecule has 3 rings (SSSR count). The molecule has 2 fully saturated rings. The van der Waals surface area contributed by atoms with Crippen LogP contribution in [0.5, 0.6) is 0 Å². The Balaban J connectivity index is 1.60. The molecule has 17 heavy (non-hydrogen) atoms. The molecular weight excluding hydrogens is 302 g/mol. The molecule has 0 aromatic heterocycles. The summed E-state index contributed by atoms with van der Waals surface area (Å²) < 4.78 is 6.84. The van der Waals surface area contributed by atoms with Crippen LogP contribution in [0, 0.1) is 0 Å². The van der Waals surface area contributed by atoms with E-state index in [-0.39, 0.29) is 0 Å². The van der Waals surface area contributed by atoms with Crippen LogP contribution < -0.4 is 5.32 Å². The van der Waals surface area contributed by atoms with Crippen LogP contribution in [-0.4, -0.2) is 18.2 Å². The Bertz CT molecular complexity index is 426. The molecule has 3 unspecified atom stereocenters. The van der Waals surface area contributed by atoms with Crippen LogP contribution in [-0.2, 0) is 11.3 Å². The van der Waals surface area contributed by atoms with E-state index in [0.717, 1.165) is 28.0 Å². The van der Waals surface area contributed by atoms with Gasteiger partial charge in [0, 0.05) is 22.1 Å². The monoisotopic (exact) mass is 315 g/mol. The summed E-state index contributed by atoms with van der Waals surface area (Å²) in [5, 5.41) is 4.38. The summed E-state index contributed by atoms with van der Waals surface area (Å²) in [4.78, 5) is 0. The van der Waals surface area contributed by atoms with Gasteiger partial charge in [0.15, 0.2) is 0 Å². The van der Waals surface area contributed by atoms with E-state index in [2.05, 4.69) is 27.3 Å². The number of rotatable bonds is 3. The number of ether oxygens (including phenoxy) is 1. The second-order valence-electron chi connectivity index (χ2n) is 4.83. The van der Waals surface area contributed by atoms with E-state index in [4.69, 9.17) is 16.3 Å². The van der Waals surface area contributed by atoms with Gasteiger partial charge in [0.2, 0.25) is 0 Å². The van der Waals surface area contributed by atoms with E-state index in [1.54, 1.807) is 0 Å². The molecule has 92 valence electrons. The zero-order chi connectivity index (χ0) is 11.8. The zero-order valence-electron chi connectivity index (χ0n) is 9.46. The first-order valence-corrected chi connectivity index (χ1v) is 7.22. The maximum absolute atomic E-state index is 6.19. The average Bonchev–Trinajstić information content (AvgIpc) is 2.89. The van der Waals surface area contributed by atoms with Crippen molar-refractivity contribution in [3.05, 3.63) is 33.3 Å². The van der Waals surface area contributed by atoms with Crippen molar-refractivity contribution >= 4 is 27.5 Å². The first-order chi connectivity index (χ1) is 8.22. The molecule has 1 N–H and O–H groups in total. The molecular formula is C13H15BrClNO. The normalized spacial score (nSPS) is 31.1. The molecule has 0 spiro atoms. The van der Waals surface area contributed by atoms with Crippen molar-refractivity contribution in [1.82, 2.24) is 5.32 Å². The van der Waals surface area contributed by atoms with Gasteiger partial charge in [-0.1, -0.05) is 33.6 Å². The Labute approximate surface area is 115 Å². The topological polar surface area (TPSA) is 21.3 Å². The minimum atomic E-state index is 0.425. The Morgan fingerprint density at radius 3 is 2.94 bits per heavy atom. The lowest BCUT2D eigenvalue weighted by atomic mass is 9.95. The van der Waals surface area contributed by atoms with Crippen molar-refractivity contribution in [1.29, 1.82) is 0 Å². The molecule has 2 bridgehead atoms. The molecule has 2 saturated heterocycles. The second kappa shape index (κ2) is 4.88. The summed E-state index contributed by atoms with van der Waals surface area (Å²) in [5.41, 5.74) is 1.15. The molecule has 0 amide bonds. The van der Waals surface area contributed by atoms with Gasteiger partial charge in [0.05, 0.1) is 12.2 Å². The highest BCUT2D eigenvalue weighted by Gasteiger charge is 2.40. The average molecular weight is 317 g/mol. The van der Waals surface area contributed by atoms with Gasteiger partial charge >= 0.3 is 0 Å². The van der Waals surface area contributed by atoms with E-state index in [0.29, 0.717) is 18.2 Å². The minimum Gasteiger partial charge on any atom is -0.373 e. The van der Waals surface area contributed by atoms with Crippen LogP contribution in [0.2, 0.25) is 5.02 Å². The van der Waals surface area contributed by atoms with Crippen molar-refractivity contribution in [2.75, 3.05) is 0 Å². The molecule has 2 heterocycles. The second-order valence-corrected chi connectivity index (χ2v) is 6.16. The fourth-order valence-electron chi connectivity index (χ4n) is 2.76. The Morgan fingerprint density at radius 1 is 1.41 bits per heavy atom. The summed E-state index contributed by atoms with van der Waals surface area (Å²) in [6.07, 6.45) is 4.52. The van der Waals surface area contributed by atoms with E-state index in [1.165, 1.54) is 12.8 Å². The molecule has 2 aliphatic heterocycles. The SMILES string of the molecule is Clc1cc(Br)ccc1CNC1CC2CCC1O2. The highest BCUT2D eigenvalue weighted by atomic mass is 79.9. The van der Waals surface area contributed by atoms with Gasteiger partial charge < -0.3 is 10.1 Å². The quantitative estimate of drug-likeness (QED) is 0.921. The fraction of sp³-hybridized carbons (Fsp3) is 0.538. The maximum atomic E-state index is 6.19. The van der Waals surface area contributed by atoms with Gasteiger partial charge in [0.1, 0.15) is 0 Å². The van der Waals surface area contributed by atoms with Crippen molar-refractivity contribution in [2.45, 2.75) is 44.1 Å². The van der Waals surface area contributed by atoms with Gasteiger partial charge in [-0.2, -0.15) is 0 Å². The molecule has 2 nitrogen and oxygen atoms in total. The standard InChI is InChI=1S/C13H15BrClNO/c14-9-2-1-8(11(15)5-9)7-16-12-6-10-3-4-13(12)17-10/h1-2,5,10,12-13,16H,3-4,6-7H2. The Kier molecular flexibility index (Phi) is 3.44. The third kappa shape index (κ3) is 2.53. The van der Waals surface area contributed by atoms with Gasteiger partial charge in [-0.25, -0.2) is 0 Å². The van der Waals surface area contributed by atoms with Gasteiger partial charge in [-0.15, -0.1) is 0 Å². The lowest BCUT2D eigenvalue weighted by molar-refractivity contribution is 0.0973. The molecule has 1 aromatic rings. The van der Waals surface area contributed by atoms with Crippen molar-refractivity contribution in [3.8, 4) is 0 Å². The number of hydrogen-bond donors (Lipinski definition) is 1. The minimum absolute atomic E-state index is 0.425. The van der Waals surface area contributed by atoms with Crippen molar-refractivity contribution < 1.29 is 4.74 Å². The summed E-state index contributed by atoms with van der Waals surface area (Å²) in [6.45, 7) is 0.823. The molecule has 0 aliphatic carbocycles. The predicted molar refractivity (Wildman–Crippen MR) is 72.3 cm³/mol. The predicted octanol–water partition coefficient (Wildman–Crippen LogP) is 3.51. The van der Waals surface area contributed by atoms with Crippen LogP contribution in [0.1, 0.15) is 24.8 Å². The molecule has 1 aromatic carbocycles. The summed E-state index contributed by atoms with van der Waals surface area (Å²) in [6, 6.07) is 6.54. The molecule has 0 saturated carbocycles. The van der Waals surface area contributed by atoms with Crippen LogP contribution in [0.15, 0.2) is 22.7 Å². The third-order valence-electron chi connectivity index (χ3n) is 3.68. The third-order valence-corrected chi connectivity index (χ3v) is 4.52. The van der Waals surface area contributed by atoms with Gasteiger partial charge in [0.25, 0.3) is 0 Å². The number of hydrogen-bond acceptors (Lipinski definition) is 2. The van der Waals surface area contributed by atoms with Gasteiger partial charge in [-0.05, 0) is 37.0 Å². The highest BCUT2D eigenvalue weighted by molar-refractivity contribution is 9.10. The zero-order valence-corrected chi connectivity index (χ0v) is 11.8. The van der Waals surface area contributed by atoms with Crippen molar-refractivity contribution in [2.24, 2.45) is 0 Å². The van der Waals surface area contributed by atoms with Crippen LogP contribution in [0.3, 0.4) is 0 Å². The molecule has 4 heteroatoms. The van der Waals surface area contributed by atoms with E-state index < -0.39 is 0 Å². The lowest BCUT2D eigenvalue weighted by Gasteiger charge is -2.20. The van der Waals surface area contributed by atoms with E-state index in [1.807, 2.05) is 12.1 Å². The van der Waals surface area contributed by atoms with E-state index in [9.17, 15) is 0 Å². The number of benzene rings is 1. The van der Waals surface area contributed by atoms with E-state index >= 15 is 0 Å². The van der Waals surface area contributed by atoms with Crippen LogP contribution >= 0.6 is 27.5 Å². The fourth-order valence-corrected chi connectivity index (χ4v) is 3.50. The smallest absolute Gasteiger partial charge is 0.0733 e. The van der Waals surface area contributed by atoms with Gasteiger partial charge in [-0.3, -0.25) is 0 Å². The first kappa shape index (κ1) is 12.0. The number of fused-ring (bicyclic) bond motifs is 2. The van der Waals surface area contributed by atoms with Crippen LogP contribution in [0.25, 0.3) is 0 Å². The number of nitrogens with one attached hydrogen (secondary N) is 1. The Morgan fingerprint density at radius 2 is 2.29 bits per heavy atom. The maximum Gasteiger partial charge on any atom is 0.0733 e. The largest absolute Gasteiger partial charge is 0.373 e. The highest BCUT2D eigenvalue weighted by Crippen LogP contribution is 2.34. The van der Waals surface area contributed by atoms with Crippen LogP contribution in [0.4, 0.5) is 0 Å². The molecule has 2 aliphatic rings. The van der Waals surface area contributed by atoms with Crippen molar-refractivity contribution in [3.63, 3.8) is 0 Å².